The van der Waals surface area contributed by atoms with Crippen molar-refractivity contribution in [2.24, 2.45) is 5.10 Å². The standard InChI is InChI=1S/C16H15N3O5/c1-11(24-15-8-4-13(5-9-15)19(22)23)16(21)18-17-10-12-2-6-14(20)7-3-12/h2-11,20H,1H3,(H,18,21)/b17-10+. The largest absolute Gasteiger partial charge is 0.508 e. The molecule has 0 aliphatic heterocycles. The van der Waals surface area contributed by atoms with Gasteiger partial charge in [0, 0.05) is 12.1 Å². The van der Waals surface area contributed by atoms with Crippen molar-refractivity contribution in [3.8, 4) is 11.5 Å². The molecule has 0 spiro atoms. The Hall–Kier alpha value is -3.42. The van der Waals surface area contributed by atoms with Gasteiger partial charge in [-0.1, -0.05) is 0 Å². The summed E-state index contributed by atoms with van der Waals surface area (Å²) in [5, 5.41) is 23.5. The normalized spacial score (nSPS) is 11.9. The molecule has 0 radical (unpaired) electrons. The number of non-ortho nitro benzene ring substituents is 1. The third kappa shape index (κ3) is 4.80. The molecule has 1 atom stereocenters. The van der Waals surface area contributed by atoms with Crippen LogP contribution in [-0.4, -0.2) is 28.3 Å². The van der Waals surface area contributed by atoms with Crippen LogP contribution < -0.4 is 10.2 Å². The predicted octanol–water partition coefficient (Wildman–Crippen LogP) is 2.22. The molecule has 0 fully saturated rings. The summed E-state index contributed by atoms with van der Waals surface area (Å²) >= 11 is 0. The molecular formula is C16H15N3O5. The van der Waals surface area contributed by atoms with Gasteiger partial charge in [0.05, 0.1) is 11.1 Å². The van der Waals surface area contributed by atoms with Crippen LogP contribution in [-0.2, 0) is 4.79 Å². The Morgan fingerprint density at radius 2 is 1.88 bits per heavy atom. The van der Waals surface area contributed by atoms with Gasteiger partial charge in [-0.3, -0.25) is 14.9 Å². The molecule has 0 aliphatic carbocycles. The van der Waals surface area contributed by atoms with Crippen molar-refractivity contribution >= 4 is 17.8 Å². The average molecular weight is 329 g/mol. The van der Waals surface area contributed by atoms with E-state index in [1.54, 1.807) is 12.1 Å². The quantitative estimate of drug-likeness (QED) is 0.479. The molecule has 124 valence electrons. The Morgan fingerprint density at radius 3 is 2.46 bits per heavy atom. The van der Waals surface area contributed by atoms with Crippen molar-refractivity contribution < 1.29 is 19.6 Å². The van der Waals surface area contributed by atoms with Crippen LogP contribution in [0.25, 0.3) is 0 Å². The number of amides is 1. The summed E-state index contributed by atoms with van der Waals surface area (Å²) in [4.78, 5) is 21.9. The van der Waals surface area contributed by atoms with Crippen LogP contribution >= 0.6 is 0 Å². The number of hydrogen-bond donors (Lipinski definition) is 2. The molecule has 2 aromatic rings. The van der Waals surface area contributed by atoms with Gasteiger partial charge in [0.1, 0.15) is 11.5 Å². The highest BCUT2D eigenvalue weighted by Crippen LogP contribution is 2.18. The maximum absolute atomic E-state index is 11.9. The van der Waals surface area contributed by atoms with Crippen molar-refractivity contribution in [1.29, 1.82) is 0 Å². The molecular weight excluding hydrogens is 314 g/mol. The predicted molar refractivity (Wildman–Crippen MR) is 87.0 cm³/mol. The fraction of sp³-hybridized carbons (Fsp3) is 0.125. The summed E-state index contributed by atoms with van der Waals surface area (Å²) in [6, 6.07) is 11.7. The third-order valence-electron chi connectivity index (χ3n) is 3.01. The zero-order valence-corrected chi connectivity index (χ0v) is 12.7. The number of nitrogens with one attached hydrogen (secondary N) is 1. The number of phenols is 1. The second-order valence-corrected chi connectivity index (χ2v) is 4.84. The van der Waals surface area contributed by atoms with Crippen molar-refractivity contribution in [2.75, 3.05) is 0 Å². The maximum atomic E-state index is 11.9. The molecule has 0 saturated heterocycles. The van der Waals surface area contributed by atoms with Gasteiger partial charge in [-0.15, -0.1) is 0 Å². The average Bonchev–Trinajstić information content (AvgIpc) is 2.57. The number of carbonyl (C=O) groups is 1. The van der Waals surface area contributed by atoms with Crippen LogP contribution in [0.1, 0.15) is 12.5 Å². The number of nitro benzene ring substituents is 1. The summed E-state index contributed by atoms with van der Waals surface area (Å²) in [5.41, 5.74) is 2.98. The van der Waals surface area contributed by atoms with E-state index >= 15 is 0 Å². The lowest BCUT2D eigenvalue weighted by molar-refractivity contribution is -0.384. The van der Waals surface area contributed by atoms with Gasteiger partial charge in [0.2, 0.25) is 0 Å². The molecule has 2 aromatic carbocycles. The molecule has 24 heavy (non-hydrogen) atoms. The van der Waals surface area contributed by atoms with Gasteiger partial charge >= 0.3 is 0 Å². The Morgan fingerprint density at radius 1 is 1.25 bits per heavy atom. The monoisotopic (exact) mass is 329 g/mol. The molecule has 0 aliphatic rings. The molecule has 0 bridgehead atoms. The first-order valence-corrected chi connectivity index (χ1v) is 6.99. The van der Waals surface area contributed by atoms with E-state index in [0.29, 0.717) is 11.3 Å². The maximum Gasteiger partial charge on any atom is 0.280 e. The van der Waals surface area contributed by atoms with E-state index in [-0.39, 0.29) is 11.4 Å². The summed E-state index contributed by atoms with van der Waals surface area (Å²) in [5.74, 6) is 0.00968. The highest BCUT2D eigenvalue weighted by molar-refractivity contribution is 5.84. The first-order valence-electron chi connectivity index (χ1n) is 6.99. The number of nitro groups is 1. The number of aromatic hydroxyl groups is 1. The Kier molecular flexibility index (Phi) is 5.45. The van der Waals surface area contributed by atoms with Crippen LogP contribution in [0.15, 0.2) is 53.6 Å². The van der Waals surface area contributed by atoms with Gasteiger partial charge in [-0.2, -0.15) is 5.10 Å². The van der Waals surface area contributed by atoms with E-state index in [2.05, 4.69) is 10.5 Å². The van der Waals surface area contributed by atoms with Crippen LogP contribution in [0.5, 0.6) is 11.5 Å². The summed E-state index contributed by atoms with van der Waals surface area (Å²) < 4.78 is 5.39. The lowest BCUT2D eigenvalue weighted by Crippen LogP contribution is -2.33. The number of ether oxygens (including phenoxy) is 1. The van der Waals surface area contributed by atoms with Gasteiger partial charge in [-0.25, -0.2) is 5.43 Å². The molecule has 0 heterocycles. The minimum Gasteiger partial charge on any atom is -0.508 e. The highest BCUT2D eigenvalue weighted by Gasteiger charge is 2.14. The number of phenolic OH excluding ortho intramolecular Hbond substituents is 1. The van der Waals surface area contributed by atoms with E-state index in [1.165, 1.54) is 49.5 Å². The Balaban J connectivity index is 1.87. The molecule has 1 unspecified atom stereocenters. The molecule has 0 aromatic heterocycles. The number of nitrogens with zero attached hydrogens (tertiary/aromatic N) is 2. The van der Waals surface area contributed by atoms with Gasteiger partial charge in [0.15, 0.2) is 6.10 Å². The molecule has 1 amide bonds. The first kappa shape index (κ1) is 16.9. The molecule has 8 nitrogen and oxygen atoms in total. The zero-order chi connectivity index (χ0) is 17.5. The van der Waals surface area contributed by atoms with E-state index in [0.717, 1.165) is 0 Å². The van der Waals surface area contributed by atoms with Crippen LogP contribution in [0.3, 0.4) is 0 Å². The minimum atomic E-state index is -0.830. The number of benzene rings is 2. The molecule has 2 N–H and O–H groups in total. The number of hydrazone groups is 1. The van der Waals surface area contributed by atoms with Gasteiger partial charge in [0.25, 0.3) is 11.6 Å². The number of carbonyl (C=O) groups excluding carboxylic acids is 1. The topological polar surface area (TPSA) is 114 Å². The van der Waals surface area contributed by atoms with Gasteiger partial charge in [-0.05, 0) is 48.9 Å². The lowest BCUT2D eigenvalue weighted by Gasteiger charge is -2.12. The van der Waals surface area contributed by atoms with Crippen LogP contribution in [0.4, 0.5) is 5.69 Å². The summed E-state index contributed by atoms with van der Waals surface area (Å²) in [6.45, 7) is 1.53. The Labute approximate surface area is 137 Å². The van der Waals surface area contributed by atoms with Crippen molar-refractivity contribution in [2.45, 2.75) is 13.0 Å². The number of rotatable bonds is 6. The molecule has 2 rings (SSSR count). The van der Waals surface area contributed by atoms with Crippen LogP contribution in [0, 0.1) is 10.1 Å². The van der Waals surface area contributed by atoms with Crippen molar-refractivity contribution in [1.82, 2.24) is 5.43 Å². The van der Waals surface area contributed by atoms with E-state index in [4.69, 9.17) is 9.84 Å². The fourth-order valence-electron chi connectivity index (χ4n) is 1.73. The third-order valence-corrected chi connectivity index (χ3v) is 3.01. The SMILES string of the molecule is CC(Oc1ccc([N+](=O)[O-])cc1)C(=O)N/N=C/c1ccc(O)cc1. The lowest BCUT2D eigenvalue weighted by atomic mass is 10.2. The zero-order valence-electron chi connectivity index (χ0n) is 12.7. The van der Waals surface area contributed by atoms with Crippen molar-refractivity contribution in [3.05, 3.63) is 64.2 Å². The van der Waals surface area contributed by atoms with Gasteiger partial charge < -0.3 is 9.84 Å². The summed E-state index contributed by atoms with van der Waals surface area (Å²) in [7, 11) is 0. The number of hydrogen-bond acceptors (Lipinski definition) is 6. The van der Waals surface area contributed by atoms with E-state index < -0.39 is 16.9 Å². The van der Waals surface area contributed by atoms with E-state index in [1.807, 2.05) is 0 Å². The van der Waals surface area contributed by atoms with Crippen LogP contribution in [0.2, 0.25) is 0 Å². The minimum absolute atomic E-state index is 0.0575. The second kappa shape index (κ2) is 7.73. The summed E-state index contributed by atoms with van der Waals surface area (Å²) in [6.07, 6.45) is 0.596. The highest BCUT2D eigenvalue weighted by atomic mass is 16.6. The fourth-order valence-corrected chi connectivity index (χ4v) is 1.73. The Bertz CT molecular complexity index is 741. The first-order chi connectivity index (χ1) is 11.5. The molecule has 8 heteroatoms. The smallest absolute Gasteiger partial charge is 0.280 e. The van der Waals surface area contributed by atoms with E-state index in [9.17, 15) is 14.9 Å². The molecule has 0 saturated carbocycles. The van der Waals surface area contributed by atoms with Crippen molar-refractivity contribution in [3.63, 3.8) is 0 Å². The second-order valence-electron chi connectivity index (χ2n) is 4.84.